The summed E-state index contributed by atoms with van der Waals surface area (Å²) < 4.78 is 0. The molecule has 1 atom stereocenters. The average Bonchev–Trinajstić information content (AvgIpc) is 2.42. The van der Waals surface area contributed by atoms with Gasteiger partial charge in [0.2, 0.25) is 0 Å². The number of nitrogens with one attached hydrogen (secondary N) is 1. The summed E-state index contributed by atoms with van der Waals surface area (Å²) in [7, 11) is 6.81. The molecule has 2 aliphatic carbocycles. The quantitative estimate of drug-likeness (QED) is 0.835. The molecule has 19 heavy (non-hydrogen) atoms. The van der Waals surface area contributed by atoms with Crippen LogP contribution in [-0.2, 0) is 0 Å². The summed E-state index contributed by atoms with van der Waals surface area (Å²) in [4.78, 5) is 2.55. The lowest BCUT2D eigenvalue weighted by molar-refractivity contribution is 0.0239. The first-order chi connectivity index (χ1) is 9.10. The number of hydrogen-bond acceptors (Lipinski definition) is 2. The lowest BCUT2D eigenvalue weighted by Gasteiger charge is -2.52. The van der Waals surface area contributed by atoms with Crippen LogP contribution >= 0.6 is 0 Å². The summed E-state index contributed by atoms with van der Waals surface area (Å²) in [5.41, 5.74) is 0.415. The highest BCUT2D eigenvalue weighted by atomic mass is 15.2. The highest BCUT2D eigenvalue weighted by Gasteiger charge is 2.44. The Morgan fingerprint density at radius 3 is 2.05 bits per heavy atom. The van der Waals surface area contributed by atoms with Crippen molar-refractivity contribution in [1.29, 1.82) is 0 Å². The molecule has 0 radical (unpaired) electrons. The predicted octanol–water partition coefficient (Wildman–Crippen LogP) is 3.67. The molecular formula is C17H34N2. The Hall–Kier alpha value is -0.0800. The van der Waals surface area contributed by atoms with Crippen LogP contribution < -0.4 is 5.32 Å². The summed E-state index contributed by atoms with van der Waals surface area (Å²) in [5, 5.41) is 3.74. The smallest absolute Gasteiger partial charge is 0.0359 e. The fourth-order valence-corrected chi connectivity index (χ4v) is 4.76. The summed E-state index contributed by atoms with van der Waals surface area (Å²) in [6.45, 7) is 2.42. The zero-order valence-corrected chi connectivity index (χ0v) is 13.5. The summed E-state index contributed by atoms with van der Waals surface area (Å²) in [6.07, 6.45) is 12.8. The number of likely N-dealkylation sites (N-methyl/N-ethyl adjacent to an activating group) is 2. The third-order valence-corrected chi connectivity index (χ3v) is 6.03. The number of hydrogen-bond donors (Lipinski definition) is 1. The Balaban J connectivity index is 2.12. The minimum atomic E-state index is 0.415. The van der Waals surface area contributed by atoms with Gasteiger partial charge in [0.15, 0.2) is 0 Å². The Kier molecular flexibility index (Phi) is 5.30. The normalized spacial score (nSPS) is 33.3. The molecule has 2 saturated carbocycles. The molecule has 0 bridgehead atoms. The van der Waals surface area contributed by atoms with Gasteiger partial charge in [-0.3, -0.25) is 0 Å². The third kappa shape index (κ3) is 3.16. The van der Waals surface area contributed by atoms with Crippen LogP contribution in [0, 0.1) is 11.8 Å². The summed E-state index contributed by atoms with van der Waals surface area (Å²) >= 11 is 0. The monoisotopic (exact) mass is 266 g/mol. The molecule has 0 aromatic rings. The van der Waals surface area contributed by atoms with Crippen molar-refractivity contribution in [3.05, 3.63) is 0 Å². The fourth-order valence-electron chi connectivity index (χ4n) is 4.76. The van der Waals surface area contributed by atoms with E-state index in [-0.39, 0.29) is 0 Å². The largest absolute Gasteiger partial charge is 0.315 e. The molecular weight excluding hydrogens is 232 g/mol. The second kappa shape index (κ2) is 6.58. The molecule has 0 amide bonds. The molecule has 0 aromatic heterocycles. The SMILES string of the molecule is CNC(C1CCC(C)CC1)C1(N(C)C)CCCCC1. The molecule has 2 aliphatic rings. The van der Waals surface area contributed by atoms with Crippen molar-refractivity contribution in [1.82, 2.24) is 10.2 Å². The lowest BCUT2D eigenvalue weighted by Crippen LogP contribution is -2.62. The van der Waals surface area contributed by atoms with Crippen molar-refractivity contribution < 1.29 is 0 Å². The maximum Gasteiger partial charge on any atom is 0.0359 e. The van der Waals surface area contributed by atoms with Crippen LogP contribution in [0.5, 0.6) is 0 Å². The predicted molar refractivity (Wildman–Crippen MR) is 83.5 cm³/mol. The van der Waals surface area contributed by atoms with E-state index in [1.807, 2.05) is 0 Å². The van der Waals surface area contributed by atoms with Crippen molar-refractivity contribution in [2.75, 3.05) is 21.1 Å². The molecule has 0 aromatic carbocycles. The highest BCUT2D eigenvalue weighted by Crippen LogP contribution is 2.42. The van der Waals surface area contributed by atoms with Gasteiger partial charge in [0, 0.05) is 11.6 Å². The van der Waals surface area contributed by atoms with Gasteiger partial charge < -0.3 is 10.2 Å². The van der Waals surface area contributed by atoms with Crippen molar-refractivity contribution in [2.45, 2.75) is 76.3 Å². The maximum atomic E-state index is 3.74. The molecule has 0 heterocycles. The van der Waals surface area contributed by atoms with E-state index < -0.39 is 0 Å². The number of rotatable bonds is 4. The maximum absolute atomic E-state index is 3.74. The zero-order valence-electron chi connectivity index (χ0n) is 13.5. The van der Waals surface area contributed by atoms with Crippen molar-refractivity contribution in [2.24, 2.45) is 11.8 Å². The molecule has 1 unspecified atom stereocenters. The standard InChI is InChI=1S/C17H34N2/c1-14-8-10-15(11-9-14)16(18-2)17(19(3)4)12-6-5-7-13-17/h14-16,18H,5-13H2,1-4H3. The molecule has 2 rings (SSSR count). The van der Waals surface area contributed by atoms with E-state index in [4.69, 9.17) is 0 Å². The van der Waals surface area contributed by atoms with Crippen molar-refractivity contribution in [3.8, 4) is 0 Å². The Labute approximate surface area is 120 Å². The summed E-state index contributed by atoms with van der Waals surface area (Å²) in [5.74, 6) is 1.84. The molecule has 1 N–H and O–H groups in total. The van der Waals surface area contributed by atoms with Gasteiger partial charge in [-0.05, 0) is 58.7 Å². The second-order valence-corrected chi connectivity index (χ2v) is 7.34. The first-order valence-corrected chi connectivity index (χ1v) is 8.45. The number of nitrogens with zero attached hydrogens (tertiary/aromatic N) is 1. The molecule has 2 heteroatoms. The average molecular weight is 266 g/mol. The molecule has 0 aliphatic heterocycles. The van der Waals surface area contributed by atoms with Crippen LogP contribution in [0.25, 0.3) is 0 Å². The molecule has 0 saturated heterocycles. The van der Waals surface area contributed by atoms with Gasteiger partial charge in [-0.1, -0.05) is 39.0 Å². The highest BCUT2D eigenvalue weighted by molar-refractivity contribution is 5.03. The van der Waals surface area contributed by atoms with E-state index in [0.29, 0.717) is 11.6 Å². The molecule has 112 valence electrons. The van der Waals surface area contributed by atoms with Crippen LogP contribution in [0.3, 0.4) is 0 Å². The van der Waals surface area contributed by atoms with Gasteiger partial charge in [0.25, 0.3) is 0 Å². The second-order valence-electron chi connectivity index (χ2n) is 7.34. The van der Waals surface area contributed by atoms with E-state index >= 15 is 0 Å². The molecule has 2 nitrogen and oxygen atoms in total. The summed E-state index contributed by atoms with van der Waals surface area (Å²) in [6, 6.07) is 0.690. The van der Waals surface area contributed by atoms with Crippen LogP contribution in [0.4, 0.5) is 0 Å². The van der Waals surface area contributed by atoms with Crippen LogP contribution in [0.1, 0.15) is 64.7 Å². The lowest BCUT2D eigenvalue weighted by atomic mass is 9.67. The Morgan fingerprint density at radius 2 is 1.58 bits per heavy atom. The minimum absolute atomic E-state index is 0.415. The molecule has 2 fully saturated rings. The zero-order chi connectivity index (χ0) is 13.9. The van der Waals surface area contributed by atoms with Crippen LogP contribution in [-0.4, -0.2) is 37.6 Å². The minimum Gasteiger partial charge on any atom is -0.315 e. The third-order valence-electron chi connectivity index (χ3n) is 6.03. The van der Waals surface area contributed by atoms with Crippen molar-refractivity contribution >= 4 is 0 Å². The van der Waals surface area contributed by atoms with Gasteiger partial charge in [0.1, 0.15) is 0 Å². The fraction of sp³-hybridized carbons (Fsp3) is 1.00. The van der Waals surface area contributed by atoms with E-state index in [9.17, 15) is 0 Å². The van der Waals surface area contributed by atoms with Gasteiger partial charge in [-0.15, -0.1) is 0 Å². The first-order valence-electron chi connectivity index (χ1n) is 8.45. The first kappa shape index (κ1) is 15.3. The van der Waals surface area contributed by atoms with Gasteiger partial charge >= 0.3 is 0 Å². The Morgan fingerprint density at radius 1 is 1.00 bits per heavy atom. The van der Waals surface area contributed by atoms with E-state index in [2.05, 4.69) is 38.3 Å². The van der Waals surface area contributed by atoms with Gasteiger partial charge in [-0.25, -0.2) is 0 Å². The van der Waals surface area contributed by atoms with Gasteiger partial charge in [-0.2, -0.15) is 0 Å². The van der Waals surface area contributed by atoms with E-state index in [1.165, 1.54) is 57.8 Å². The van der Waals surface area contributed by atoms with E-state index in [1.54, 1.807) is 0 Å². The van der Waals surface area contributed by atoms with Crippen LogP contribution in [0.2, 0.25) is 0 Å². The van der Waals surface area contributed by atoms with Crippen LogP contribution in [0.15, 0.2) is 0 Å². The topological polar surface area (TPSA) is 15.3 Å². The van der Waals surface area contributed by atoms with Crippen molar-refractivity contribution in [3.63, 3.8) is 0 Å². The van der Waals surface area contributed by atoms with E-state index in [0.717, 1.165) is 11.8 Å². The Bertz CT molecular complexity index is 260. The molecule has 0 spiro atoms. The van der Waals surface area contributed by atoms with Gasteiger partial charge in [0.05, 0.1) is 0 Å².